The molecule has 0 atom stereocenters. The van der Waals surface area contributed by atoms with Crippen molar-refractivity contribution in [1.29, 1.82) is 0 Å². The third-order valence-corrected chi connectivity index (χ3v) is 2.40. The number of methoxy groups -OCH3 is 1. The van der Waals surface area contributed by atoms with Crippen molar-refractivity contribution in [2.24, 2.45) is 0 Å². The van der Waals surface area contributed by atoms with Crippen LogP contribution in [0.15, 0.2) is 24.3 Å². The van der Waals surface area contributed by atoms with Crippen molar-refractivity contribution in [3.05, 3.63) is 29.8 Å². The number of urea groups is 1. The van der Waals surface area contributed by atoms with E-state index in [4.69, 9.17) is 4.74 Å². The van der Waals surface area contributed by atoms with E-state index in [0.717, 1.165) is 10.5 Å². The van der Waals surface area contributed by atoms with Crippen molar-refractivity contribution in [1.82, 2.24) is 10.2 Å². The largest absolute Gasteiger partial charge is 0.497 e. The Balaban J connectivity index is 2.12. The van der Waals surface area contributed by atoms with Gasteiger partial charge < -0.3 is 4.74 Å². The third kappa shape index (κ3) is 2.10. The monoisotopic (exact) mass is 234 g/mol. The number of hydrogen-bond acceptors (Lipinski definition) is 4. The van der Waals surface area contributed by atoms with Gasteiger partial charge in [0.2, 0.25) is 0 Å². The van der Waals surface area contributed by atoms with Crippen molar-refractivity contribution in [2.45, 2.75) is 6.54 Å². The molecule has 6 heteroatoms. The molecule has 17 heavy (non-hydrogen) atoms. The van der Waals surface area contributed by atoms with Crippen LogP contribution in [-0.4, -0.2) is 29.9 Å². The number of rotatable bonds is 3. The number of amides is 4. The maximum absolute atomic E-state index is 11.3. The Hall–Kier alpha value is -2.37. The molecule has 1 aliphatic rings. The number of ether oxygens (including phenoxy) is 1. The van der Waals surface area contributed by atoms with Gasteiger partial charge in [-0.25, -0.2) is 4.79 Å². The molecule has 88 valence electrons. The van der Waals surface area contributed by atoms with E-state index in [0.29, 0.717) is 5.75 Å². The van der Waals surface area contributed by atoms with E-state index >= 15 is 0 Å². The fourth-order valence-electron chi connectivity index (χ4n) is 1.49. The van der Waals surface area contributed by atoms with Crippen LogP contribution in [0.3, 0.4) is 0 Å². The SMILES string of the molecule is COc1ccc(CN2C(=O)NC(=O)C2=O)cc1. The minimum absolute atomic E-state index is 0.0698. The van der Waals surface area contributed by atoms with E-state index in [9.17, 15) is 14.4 Å². The second-order valence-electron chi connectivity index (χ2n) is 3.50. The minimum Gasteiger partial charge on any atom is -0.497 e. The zero-order valence-electron chi connectivity index (χ0n) is 9.10. The molecule has 0 radical (unpaired) electrons. The molecular weight excluding hydrogens is 224 g/mol. The Morgan fingerprint density at radius 2 is 1.82 bits per heavy atom. The maximum Gasteiger partial charge on any atom is 0.331 e. The van der Waals surface area contributed by atoms with E-state index < -0.39 is 17.8 Å². The number of carbonyl (C=O) groups excluding carboxylic acids is 3. The second-order valence-corrected chi connectivity index (χ2v) is 3.50. The number of hydrogen-bond donors (Lipinski definition) is 1. The Morgan fingerprint density at radius 1 is 1.18 bits per heavy atom. The molecule has 0 unspecified atom stereocenters. The lowest BCUT2D eigenvalue weighted by molar-refractivity contribution is -0.140. The highest BCUT2D eigenvalue weighted by molar-refractivity contribution is 6.44. The van der Waals surface area contributed by atoms with Gasteiger partial charge in [0.05, 0.1) is 13.7 Å². The lowest BCUT2D eigenvalue weighted by Crippen LogP contribution is -2.30. The Labute approximate surface area is 97.2 Å². The number of imide groups is 2. The van der Waals surface area contributed by atoms with Gasteiger partial charge in [-0.3, -0.25) is 19.8 Å². The summed E-state index contributed by atoms with van der Waals surface area (Å²) in [7, 11) is 1.55. The second kappa shape index (κ2) is 4.25. The molecule has 0 aromatic heterocycles. The summed E-state index contributed by atoms with van der Waals surface area (Å²) in [6, 6.07) is 6.20. The first-order valence-electron chi connectivity index (χ1n) is 4.91. The third-order valence-electron chi connectivity index (χ3n) is 2.40. The van der Waals surface area contributed by atoms with Crippen LogP contribution in [0, 0.1) is 0 Å². The molecular formula is C11H10N2O4. The van der Waals surface area contributed by atoms with E-state index in [2.05, 4.69) is 0 Å². The van der Waals surface area contributed by atoms with E-state index in [1.807, 2.05) is 5.32 Å². The van der Waals surface area contributed by atoms with E-state index in [1.54, 1.807) is 31.4 Å². The summed E-state index contributed by atoms with van der Waals surface area (Å²) in [5.41, 5.74) is 0.740. The van der Waals surface area contributed by atoms with Gasteiger partial charge in [0.25, 0.3) is 0 Å². The van der Waals surface area contributed by atoms with Crippen LogP contribution >= 0.6 is 0 Å². The van der Waals surface area contributed by atoms with Gasteiger partial charge in [-0.05, 0) is 17.7 Å². The highest BCUT2D eigenvalue weighted by atomic mass is 16.5. The quantitative estimate of drug-likeness (QED) is 0.601. The lowest BCUT2D eigenvalue weighted by Gasteiger charge is -2.11. The van der Waals surface area contributed by atoms with Gasteiger partial charge in [0.15, 0.2) is 0 Å². The van der Waals surface area contributed by atoms with Gasteiger partial charge >= 0.3 is 17.8 Å². The summed E-state index contributed by atoms with van der Waals surface area (Å²) < 4.78 is 4.98. The predicted molar refractivity (Wildman–Crippen MR) is 57.1 cm³/mol. The van der Waals surface area contributed by atoms with Crippen LogP contribution < -0.4 is 10.1 Å². The molecule has 1 heterocycles. The summed E-state index contributed by atoms with van der Waals surface area (Å²) in [4.78, 5) is 34.4. The molecule has 0 aliphatic carbocycles. The van der Waals surface area contributed by atoms with Crippen LogP contribution in [-0.2, 0) is 16.1 Å². The number of nitrogens with one attached hydrogen (secondary N) is 1. The van der Waals surface area contributed by atoms with Crippen molar-refractivity contribution < 1.29 is 19.1 Å². The Kier molecular flexibility index (Phi) is 2.78. The summed E-state index contributed by atoms with van der Waals surface area (Å²) in [5.74, 6) is -1.03. The molecule has 1 aromatic rings. The molecule has 6 nitrogen and oxygen atoms in total. The highest BCUT2D eigenvalue weighted by Gasteiger charge is 2.36. The van der Waals surface area contributed by atoms with Crippen LogP contribution in [0.1, 0.15) is 5.56 Å². The van der Waals surface area contributed by atoms with Gasteiger partial charge in [0, 0.05) is 0 Å². The first-order chi connectivity index (χ1) is 8.11. The van der Waals surface area contributed by atoms with Crippen molar-refractivity contribution in [2.75, 3.05) is 7.11 Å². The van der Waals surface area contributed by atoms with Crippen molar-refractivity contribution >= 4 is 17.8 Å². The number of nitrogens with zero attached hydrogens (tertiary/aromatic N) is 1. The molecule has 0 spiro atoms. The summed E-state index contributed by atoms with van der Waals surface area (Å²) >= 11 is 0. The first-order valence-corrected chi connectivity index (χ1v) is 4.91. The van der Waals surface area contributed by atoms with Crippen LogP contribution in [0.2, 0.25) is 0 Å². The Bertz CT molecular complexity index is 481. The zero-order valence-corrected chi connectivity index (χ0v) is 9.10. The van der Waals surface area contributed by atoms with Gasteiger partial charge in [-0.1, -0.05) is 12.1 Å². The zero-order chi connectivity index (χ0) is 12.4. The van der Waals surface area contributed by atoms with Crippen molar-refractivity contribution in [3.8, 4) is 5.75 Å². The summed E-state index contributed by atoms with van der Waals surface area (Å²) in [6.45, 7) is 0.0698. The fourth-order valence-corrected chi connectivity index (χ4v) is 1.49. The normalized spacial score (nSPS) is 15.1. The maximum atomic E-state index is 11.3. The van der Waals surface area contributed by atoms with Crippen LogP contribution in [0.25, 0.3) is 0 Å². The average molecular weight is 234 g/mol. The predicted octanol–water partition coefficient (Wildman–Crippen LogP) is 0.274. The van der Waals surface area contributed by atoms with E-state index in [1.165, 1.54) is 0 Å². The van der Waals surface area contributed by atoms with E-state index in [-0.39, 0.29) is 6.54 Å². The van der Waals surface area contributed by atoms with Crippen LogP contribution in [0.5, 0.6) is 5.75 Å². The highest BCUT2D eigenvalue weighted by Crippen LogP contribution is 2.14. The fraction of sp³-hybridized carbons (Fsp3) is 0.182. The lowest BCUT2D eigenvalue weighted by atomic mass is 10.2. The molecule has 1 N–H and O–H groups in total. The standard InChI is InChI=1S/C11H10N2O4/c1-17-8-4-2-7(3-5-8)6-13-10(15)9(14)12-11(13)16/h2-5H,6H2,1H3,(H,12,14,16). The van der Waals surface area contributed by atoms with Gasteiger partial charge in [-0.15, -0.1) is 0 Å². The molecule has 0 saturated carbocycles. The van der Waals surface area contributed by atoms with Crippen LogP contribution in [0.4, 0.5) is 4.79 Å². The smallest absolute Gasteiger partial charge is 0.331 e. The summed E-state index contributed by atoms with van der Waals surface area (Å²) in [5, 5.41) is 1.93. The molecule has 1 fully saturated rings. The molecule has 1 aromatic carbocycles. The molecule has 4 amide bonds. The molecule has 0 bridgehead atoms. The molecule has 2 rings (SSSR count). The number of carbonyl (C=O) groups is 3. The molecule has 1 aliphatic heterocycles. The van der Waals surface area contributed by atoms with Gasteiger partial charge in [0.1, 0.15) is 5.75 Å². The van der Waals surface area contributed by atoms with Gasteiger partial charge in [-0.2, -0.15) is 0 Å². The first kappa shape index (κ1) is 11.1. The number of benzene rings is 1. The topological polar surface area (TPSA) is 75.7 Å². The molecule has 1 saturated heterocycles. The van der Waals surface area contributed by atoms with Crippen molar-refractivity contribution in [3.63, 3.8) is 0 Å². The summed E-state index contributed by atoms with van der Waals surface area (Å²) in [6.07, 6.45) is 0. The average Bonchev–Trinajstić information content (AvgIpc) is 2.57. The Morgan fingerprint density at radius 3 is 2.29 bits per heavy atom. The minimum atomic E-state index is -0.886.